The van der Waals surface area contributed by atoms with Gasteiger partial charge in [0.05, 0.1) is 29.0 Å². The summed E-state index contributed by atoms with van der Waals surface area (Å²) in [4.78, 5) is 20.6. The third-order valence-electron chi connectivity index (χ3n) is 6.25. The maximum absolute atomic E-state index is 15.0. The predicted molar refractivity (Wildman–Crippen MR) is 137 cm³/mol. The van der Waals surface area contributed by atoms with Gasteiger partial charge in [-0.25, -0.2) is 18.2 Å². The van der Waals surface area contributed by atoms with E-state index in [4.69, 9.17) is 14.0 Å². The largest absolute Gasteiger partial charge is 0.481 e. The van der Waals surface area contributed by atoms with Crippen molar-refractivity contribution in [1.29, 1.82) is 5.26 Å². The van der Waals surface area contributed by atoms with Crippen molar-refractivity contribution in [2.45, 2.75) is 25.1 Å². The van der Waals surface area contributed by atoms with E-state index in [0.717, 1.165) is 30.5 Å². The fraction of sp³-hybridized carbons (Fsp3) is 0.138. The first-order valence-electron chi connectivity index (χ1n) is 13.2. The Morgan fingerprint density at radius 1 is 1.18 bits per heavy atom. The number of nitrogens with one attached hydrogen (secondary N) is 2. The maximum Gasteiger partial charge on any atom is 0.303 e. The maximum atomic E-state index is 15.0. The summed E-state index contributed by atoms with van der Waals surface area (Å²) in [5, 5.41) is 19.4. The second-order valence-corrected chi connectivity index (χ2v) is 8.79. The molecule has 196 valence electrons. The van der Waals surface area contributed by atoms with Crippen LogP contribution in [0.1, 0.15) is 34.2 Å². The molecule has 0 amide bonds. The number of aliphatic carboxylic acids is 1. The molecule has 5 rings (SSSR count). The molecule has 7 nitrogen and oxygen atoms in total. The number of carbonyl (C=O) groups is 1. The van der Waals surface area contributed by atoms with E-state index < -0.39 is 41.4 Å². The highest BCUT2D eigenvalue weighted by atomic mass is 19.1. The lowest BCUT2D eigenvalue weighted by atomic mass is 9.80. The molecule has 2 heterocycles. The van der Waals surface area contributed by atoms with Crippen LogP contribution in [0.15, 0.2) is 67.0 Å². The number of H-pyrrole nitrogens is 2. The van der Waals surface area contributed by atoms with Crippen LogP contribution in [0.25, 0.3) is 22.3 Å². The van der Waals surface area contributed by atoms with Crippen LogP contribution >= 0.6 is 0 Å². The van der Waals surface area contributed by atoms with E-state index in [1.165, 1.54) is 30.5 Å². The Hall–Kier alpha value is -5.04. The van der Waals surface area contributed by atoms with E-state index >= 15 is 0 Å². The third-order valence-corrected chi connectivity index (χ3v) is 6.25. The second kappa shape index (κ2) is 10.0. The molecule has 0 spiro atoms. The number of aryl methyl sites for hydroxylation is 1. The monoisotopic (exact) mass is 533 g/mol. The SMILES string of the molecule is [2H]C([2H])([2H])C(C#N)(c1cccc(CCC(=O)O)c1)c1cnc(-c2cc(Oc3c(F)cc4[nH]ccc4c3F)ccc2F)[nH]1. The lowest BCUT2D eigenvalue weighted by Crippen LogP contribution is -2.22. The van der Waals surface area contributed by atoms with Crippen molar-refractivity contribution in [3.05, 3.63) is 101 Å². The summed E-state index contributed by atoms with van der Waals surface area (Å²) in [7, 11) is 0. The summed E-state index contributed by atoms with van der Waals surface area (Å²) in [6.45, 7) is -2.94. The summed E-state index contributed by atoms with van der Waals surface area (Å²) < 4.78 is 74.7. The van der Waals surface area contributed by atoms with E-state index in [-0.39, 0.29) is 52.1 Å². The van der Waals surface area contributed by atoms with Crippen LogP contribution in [-0.4, -0.2) is 26.0 Å². The van der Waals surface area contributed by atoms with Crippen molar-refractivity contribution >= 4 is 16.9 Å². The number of carboxylic acids is 1. The molecule has 0 saturated heterocycles. The minimum absolute atomic E-state index is 0.0618. The number of ether oxygens (including phenoxy) is 1. The normalized spacial score (nSPS) is 14.2. The molecule has 1 unspecified atom stereocenters. The highest BCUT2D eigenvalue weighted by molar-refractivity contribution is 5.82. The molecule has 0 aliphatic heterocycles. The topological polar surface area (TPSA) is 115 Å². The number of carboxylic acid groups (broad SMARTS) is 1. The number of benzene rings is 3. The molecular weight excluding hydrogens is 509 g/mol. The molecule has 2 aromatic heterocycles. The molecule has 1 atom stereocenters. The van der Waals surface area contributed by atoms with Gasteiger partial charge in [-0.2, -0.15) is 5.26 Å². The Morgan fingerprint density at radius 2 is 2.03 bits per heavy atom. The molecule has 0 radical (unpaired) electrons. The Labute approximate surface area is 224 Å². The number of aromatic amines is 2. The minimum Gasteiger partial charge on any atom is -0.481 e. The van der Waals surface area contributed by atoms with Gasteiger partial charge in [0.25, 0.3) is 0 Å². The highest BCUT2D eigenvalue weighted by Gasteiger charge is 2.32. The van der Waals surface area contributed by atoms with E-state index in [2.05, 4.69) is 15.0 Å². The molecule has 10 heteroatoms. The number of nitrogens with zero attached hydrogens (tertiary/aromatic N) is 2. The van der Waals surface area contributed by atoms with Crippen LogP contribution in [-0.2, 0) is 16.6 Å². The fourth-order valence-electron chi connectivity index (χ4n) is 4.21. The lowest BCUT2D eigenvalue weighted by molar-refractivity contribution is -0.136. The van der Waals surface area contributed by atoms with Crippen LogP contribution in [0.5, 0.6) is 11.5 Å². The molecule has 5 aromatic rings. The molecule has 3 N–H and O–H groups in total. The zero-order chi connectivity index (χ0) is 30.2. The summed E-state index contributed by atoms with van der Waals surface area (Å²) in [6.07, 6.45) is 2.45. The second-order valence-electron chi connectivity index (χ2n) is 8.79. The van der Waals surface area contributed by atoms with Crippen molar-refractivity contribution in [2.24, 2.45) is 0 Å². The molecular formula is C29H21F3N4O3. The van der Waals surface area contributed by atoms with Crippen LogP contribution in [0.3, 0.4) is 0 Å². The van der Waals surface area contributed by atoms with Gasteiger partial charge in [0.15, 0.2) is 17.4 Å². The third kappa shape index (κ3) is 4.82. The first kappa shape index (κ1) is 22.0. The van der Waals surface area contributed by atoms with Gasteiger partial charge in [0.2, 0.25) is 0 Å². The van der Waals surface area contributed by atoms with Gasteiger partial charge >= 0.3 is 5.97 Å². The van der Waals surface area contributed by atoms with Gasteiger partial charge in [-0.15, -0.1) is 0 Å². The first-order valence-corrected chi connectivity index (χ1v) is 11.7. The molecule has 0 aliphatic rings. The van der Waals surface area contributed by atoms with Crippen molar-refractivity contribution in [1.82, 2.24) is 15.0 Å². The van der Waals surface area contributed by atoms with Gasteiger partial charge in [-0.05, 0) is 48.7 Å². The zero-order valence-electron chi connectivity index (χ0n) is 23.1. The number of fused-ring (bicyclic) bond motifs is 1. The Kier molecular flexibility index (Phi) is 5.65. The Balaban J connectivity index is 1.55. The van der Waals surface area contributed by atoms with Gasteiger partial charge in [-0.1, -0.05) is 24.3 Å². The van der Waals surface area contributed by atoms with Crippen LogP contribution in [0.4, 0.5) is 13.2 Å². The zero-order valence-corrected chi connectivity index (χ0v) is 20.1. The number of hydrogen-bond donors (Lipinski definition) is 3. The van der Waals surface area contributed by atoms with E-state index in [9.17, 15) is 23.2 Å². The number of aromatic nitrogens is 3. The molecule has 0 bridgehead atoms. The lowest BCUT2D eigenvalue weighted by Gasteiger charge is -2.21. The number of nitriles is 1. The summed E-state index contributed by atoms with van der Waals surface area (Å²) in [5.41, 5.74) is -1.87. The number of imidazole rings is 1. The van der Waals surface area contributed by atoms with Crippen molar-refractivity contribution in [2.75, 3.05) is 0 Å². The summed E-state index contributed by atoms with van der Waals surface area (Å²) in [5.74, 6) is -4.79. The molecule has 3 aromatic carbocycles. The van der Waals surface area contributed by atoms with Gasteiger partial charge in [0.1, 0.15) is 22.8 Å². The standard InChI is InChI=1S/C29H21F3N4O3/c1-29(15-33,17-4-2-3-16(11-17)5-8-25(37)38)24-14-35-28(36-24)20-12-18(6-7-21(20)30)39-27-22(31)13-23-19(26(27)32)9-10-34-23/h2-4,6-7,9-14,34H,5,8H2,1H3,(H,35,36)(H,37,38)/i1D3. The van der Waals surface area contributed by atoms with Gasteiger partial charge in [0, 0.05) is 28.2 Å². The first-order chi connectivity index (χ1) is 19.9. The molecule has 39 heavy (non-hydrogen) atoms. The minimum atomic E-state index is -2.94. The van der Waals surface area contributed by atoms with Crippen LogP contribution < -0.4 is 4.74 Å². The average Bonchev–Trinajstić information content (AvgIpc) is 3.61. The molecule has 0 aliphatic carbocycles. The summed E-state index contributed by atoms with van der Waals surface area (Å²) >= 11 is 0. The van der Waals surface area contributed by atoms with Crippen LogP contribution in [0, 0.1) is 28.8 Å². The van der Waals surface area contributed by atoms with Crippen molar-refractivity contribution in [3.8, 4) is 29.0 Å². The van der Waals surface area contributed by atoms with E-state index in [1.807, 2.05) is 6.07 Å². The predicted octanol–water partition coefficient (Wildman–Crippen LogP) is 6.61. The summed E-state index contributed by atoms with van der Waals surface area (Å²) in [6, 6.07) is 13.6. The van der Waals surface area contributed by atoms with Crippen molar-refractivity contribution in [3.63, 3.8) is 0 Å². The Morgan fingerprint density at radius 3 is 2.79 bits per heavy atom. The number of rotatable bonds is 8. The molecule has 0 saturated carbocycles. The van der Waals surface area contributed by atoms with Crippen molar-refractivity contribution < 1.29 is 31.9 Å². The van der Waals surface area contributed by atoms with E-state index in [0.29, 0.717) is 5.56 Å². The Bertz CT molecular complexity index is 1860. The highest BCUT2D eigenvalue weighted by Crippen LogP contribution is 2.36. The quantitative estimate of drug-likeness (QED) is 0.208. The number of hydrogen-bond acceptors (Lipinski definition) is 4. The average molecular weight is 534 g/mol. The van der Waals surface area contributed by atoms with E-state index in [1.54, 1.807) is 6.07 Å². The fourth-order valence-corrected chi connectivity index (χ4v) is 4.21. The van der Waals surface area contributed by atoms with Crippen LogP contribution in [0.2, 0.25) is 0 Å². The number of halogens is 3. The molecule has 0 fully saturated rings. The van der Waals surface area contributed by atoms with Gasteiger partial charge < -0.3 is 19.8 Å². The smallest absolute Gasteiger partial charge is 0.303 e. The van der Waals surface area contributed by atoms with Gasteiger partial charge in [-0.3, -0.25) is 4.79 Å².